The van der Waals surface area contributed by atoms with Gasteiger partial charge in [0.2, 0.25) is 29.5 Å². The van der Waals surface area contributed by atoms with Gasteiger partial charge in [0.1, 0.15) is 30.2 Å². The second-order valence-electron chi connectivity index (χ2n) is 14.2. The van der Waals surface area contributed by atoms with Crippen LogP contribution in [0.3, 0.4) is 0 Å². The predicted octanol–water partition coefficient (Wildman–Crippen LogP) is -4.33. The van der Waals surface area contributed by atoms with Crippen molar-refractivity contribution in [2.24, 2.45) is 22.9 Å². The van der Waals surface area contributed by atoms with E-state index < -0.39 is 65.8 Å². The van der Waals surface area contributed by atoms with E-state index in [0.717, 1.165) is 6.42 Å². The van der Waals surface area contributed by atoms with Crippen LogP contribution in [0, 0.1) is 16.2 Å². The Kier molecular flexibility index (Phi) is 21.5. The van der Waals surface area contributed by atoms with E-state index >= 15 is 0 Å². The molecule has 2 heterocycles. The molecule has 0 aromatic rings. The molecule has 2 rings (SSSR count). The van der Waals surface area contributed by atoms with E-state index in [0.29, 0.717) is 45.2 Å². The van der Waals surface area contributed by atoms with Crippen molar-refractivity contribution in [3.05, 3.63) is 0 Å². The second kappa shape index (κ2) is 25.7. The number of carboxylic acid groups (broad SMARTS) is 1. The normalized spacial score (nSPS) is 18.2. The maximum atomic E-state index is 14.0. The predicted molar refractivity (Wildman–Crippen MR) is 211 cm³/mol. The lowest BCUT2D eigenvalue weighted by Crippen LogP contribution is -2.59. The number of rotatable bonds is 26. The van der Waals surface area contributed by atoms with Crippen LogP contribution in [-0.2, 0) is 28.8 Å². The molecule has 2 saturated heterocycles. The molecule has 0 aromatic heterocycles. The van der Waals surface area contributed by atoms with E-state index in [4.69, 9.17) is 39.2 Å². The van der Waals surface area contributed by atoms with Gasteiger partial charge in [0.15, 0.2) is 17.9 Å². The lowest BCUT2D eigenvalue weighted by molar-refractivity contribution is -0.149. The molecular formula is C34H64N16O7. The van der Waals surface area contributed by atoms with Crippen molar-refractivity contribution >= 4 is 53.4 Å². The van der Waals surface area contributed by atoms with Crippen LogP contribution in [-0.4, -0.2) is 139 Å². The van der Waals surface area contributed by atoms with Crippen LogP contribution in [0.5, 0.6) is 0 Å². The van der Waals surface area contributed by atoms with Crippen molar-refractivity contribution < 1.29 is 33.9 Å². The highest BCUT2D eigenvalue weighted by molar-refractivity contribution is 5.96. The van der Waals surface area contributed by atoms with Crippen LogP contribution in [0.2, 0.25) is 0 Å². The van der Waals surface area contributed by atoms with Gasteiger partial charge in [-0.05, 0) is 96.6 Å². The molecule has 57 heavy (non-hydrogen) atoms. The number of aliphatic carboxylic acids is 1. The third-order valence-electron chi connectivity index (χ3n) is 9.61. The molecule has 322 valence electrons. The first-order valence-corrected chi connectivity index (χ1v) is 19.6. The Hall–Kier alpha value is -5.45. The molecule has 0 unspecified atom stereocenters. The topological polar surface area (TPSA) is 398 Å². The first-order chi connectivity index (χ1) is 27.1. The van der Waals surface area contributed by atoms with Crippen molar-refractivity contribution in [1.29, 1.82) is 16.2 Å². The largest absolute Gasteiger partial charge is 0.480 e. The van der Waals surface area contributed by atoms with E-state index in [-0.39, 0.29) is 94.9 Å². The number of hydrogen-bond donors (Lipinski definition) is 16. The Labute approximate surface area is 332 Å². The van der Waals surface area contributed by atoms with Gasteiger partial charge in [-0.2, -0.15) is 0 Å². The summed E-state index contributed by atoms with van der Waals surface area (Å²) < 4.78 is 0. The van der Waals surface area contributed by atoms with Crippen molar-refractivity contribution in [1.82, 2.24) is 47.4 Å². The molecule has 20 N–H and O–H groups in total. The summed E-state index contributed by atoms with van der Waals surface area (Å²) in [7, 11) is 0. The Morgan fingerprint density at radius 2 is 1.11 bits per heavy atom. The quantitative estimate of drug-likeness (QED) is 0.0223. The van der Waals surface area contributed by atoms with Crippen molar-refractivity contribution in [3.63, 3.8) is 0 Å². The number of carboxylic acids is 1. The Morgan fingerprint density at radius 1 is 0.649 bits per heavy atom. The summed E-state index contributed by atoms with van der Waals surface area (Å²) >= 11 is 0. The van der Waals surface area contributed by atoms with E-state index in [2.05, 4.69) is 42.5 Å². The highest BCUT2D eigenvalue weighted by atomic mass is 16.4. The highest BCUT2D eigenvalue weighted by Gasteiger charge is 2.38. The molecule has 2 aliphatic rings. The SMILES string of the molecule is N=C(N)NCCC[C@H](NC(=O)[C@@H]1CCCN1)C(=O)N[C@@H](CCCNC(=N)N)C(=O)N[C@@H](CCCCN)C(=O)N[C@@H](CCCNC(=N)N)C(=O)N1CCC[C@H]1C(=O)O. The number of nitrogens with two attached hydrogens (primary N) is 4. The Balaban J connectivity index is 2.33. The highest BCUT2D eigenvalue weighted by Crippen LogP contribution is 2.20. The van der Waals surface area contributed by atoms with Crippen LogP contribution >= 0.6 is 0 Å². The van der Waals surface area contributed by atoms with Crippen LogP contribution < -0.4 is 65.5 Å². The second-order valence-corrected chi connectivity index (χ2v) is 14.2. The molecule has 2 aliphatic heterocycles. The zero-order chi connectivity index (χ0) is 42.3. The summed E-state index contributed by atoms with van der Waals surface area (Å²) in [4.78, 5) is 81.7. The van der Waals surface area contributed by atoms with E-state index in [1.165, 1.54) is 4.90 Å². The van der Waals surface area contributed by atoms with E-state index in [1.54, 1.807) is 0 Å². The van der Waals surface area contributed by atoms with Gasteiger partial charge >= 0.3 is 5.97 Å². The van der Waals surface area contributed by atoms with Gasteiger partial charge in [0.05, 0.1) is 6.04 Å². The minimum Gasteiger partial charge on any atom is -0.480 e. The van der Waals surface area contributed by atoms with Gasteiger partial charge < -0.3 is 75.5 Å². The van der Waals surface area contributed by atoms with Gasteiger partial charge in [0, 0.05) is 26.2 Å². The number of hydrogen-bond acceptors (Lipinski definition) is 11. The molecule has 23 nitrogen and oxygen atoms in total. The van der Waals surface area contributed by atoms with Gasteiger partial charge in [-0.1, -0.05) is 0 Å². The molecular weight excluding hydrogens is 744 g/mol. The number of guanidine groups is 3. The third-order valence-corrected chi connectivity index (χ3v) is 9.61. The number of nitrogens with zero attached hydrogens (tertiary/aromatic N) is 1. The van der Waals surface area contributed by atoms with Crippen molar-refractivity contribution in [2.75, 3.05) is 39.3 Å². The van der Waals surface area contributed by atoms with Gasteiger partial charge in [-0.3, -0.25) is 40.2 Å². The Morgan fingerprint density at radius 3 is 1.54 bits per heavy atom. The average molecular weight is 809 g/mol. The molecule has 23 heteroatoms. The molecule has 0 bridgehead atoms. The molecule has 0 aliphatic carbocycles. The van der Waals surface area contributed by atoms with Crippen molar-refractivity contribution in [3.8, 4) is 0 Å². The summed E-state index contributed by atoms with van der Waals surface area (Å²) in [6, 6.07) is -6.17. The zero-order valence-electron chi connectivity index (χ0n) is 32.6. The summed E-state index contributed by atoms with van der Waals surface area (Å²) in [5.74, 6) is -5.03. The summed E-state index contributed by atoms with van der Waals surface area (Å²) in [5, 5.41) is 54.0. The minimum atomic E-state index is -1.22. The lowest BCUT2D eigenvalue weighted by Gasteiger charge is -2.29. The molecule has 0 spiro atoms. The summed E-state index contributed by atoms with van der Waals surface area (Å²) in [5.41, 5.74) is 21.9. The third kappa shape index (κ3) is 17.9. The average Bonchev–Trinajstić information content (AvgIpc) is 3.88. The summed E-state index contributed by atoms with van der Waals surface area (Å²) in [6.07, 6.45) is 4.32. The van der Waals surface area contributed by atoms with Crippen LogP contribution in [0.1, 0.15) is 83.5 Å². The smallest absolute Gasteiger partial charge is 0.326 e. The molecule has 0 aromatic carbocycles. The number of unbranched alkanes of at least 4 members (excludes halogenated alkanes) is 1. The number of nitrogens with one attached hydrogen (secondary N) is 11. The van der Waals surface area contributed by atoms with Gasteiger partial charge in [0.25, 0.3) is 0 Å². The summed E-state index contributed by atoms with van der Waals surface area (Å²) in [6.45, 7) is 1.81. The van der Waals surface area contributed by atoms with Gasteiger partial charge in [-0.15, -0.1) is 0 Å². The Bertz CT molecular complexity index is 1400. The molecule has 0 radical (unpaired) electrons. The van der Waals surface area contributed by atoms with Crippen LogP contribution in [0.4, 0.5) is 0 Å². The van der Waals surface area contributed by atoms with E-state index in [1.807, 2.05) is 0 Å². The van der Waals surface area contributed by atoms with Crippen molar-refractivity contribution in [2.45, 2.75) is 120 Å². The fourth-order valence-electron chi connectivity index (χ4n) is 6.63. The maximum absolute atomic E-state index is 14.0. The van der Waals surface area contributed by atoms with Gasteiger partial charge in [-0.25, -0.2) is 4.79 Å². The molecule has 6 atom stereocenters. The molecule has 2 fully saturated rings. The number of carbonyl (C=O) groups excluding carboxylic acids is 5. The van der Waals surface area contributed by atoms with Crippen LogP contribution in [0.25, 0.3) is 0 Å². The number of amides is 5. The number of likely N-dealkylation sites (tertiary alicyclic amines) is 1. The number of carbonyl (C=O) groups is 6. The lowest BCUT2D eigenvalue weighted by atomic mass is 10.0. The first kappa shape index (κ1) is 47.7. The fourth-order valence-corrected chi connectivity index (χ4v) is 6.63. The molecule has 0 saturated carbocycles. The first-order valence-electron chi connectivity index (χ1n) is 19.6. The standard InChI is InChI=1S/C34H64N16O7/c35-14-2-1-8-21(29(54)49-24(12-6-18-45-34(40)41)30(55)50-19-7-13-25(50)31(56)57)47-28(53)23(11-5-17-44-33(38)39)48-27(52)22(10-4-16-43-32(36)37)46-26(51)20-9-3-15-42-20/h20-25,42H,1-19,35H2,(H,46,51)(H,47,53)(H,48,52)(H,49,54)(H,56,57)(H4,36,37,43)(H4,38,39,44)(H4,40,41,45)/t20-,21-,22-,23-,24-,25-/m0/s1. The fraction of sp³-hybridized carbons (Fsp3) is 0.735. The minimum absolute atomic E-state index is 0.0432. The maximum Gasteiger partial charge on any atom is 0.326 e. The van der Waals surface area contributed by atoms with E-state index in [9.17, 15) is 33.9 Å². The molecule has 5 amide bonds. The zero-order valence-corrected chi connectivity index (χ0v) is 32.6. The van der Waals surface area contributed by atoms with Crippen LogP contribution in [0.15, 0.2) is 0 Å². The monoisotopic (exact) mass is 809 g/mol.